The molecular weight excluding hydrogens is 346 g/mol. The fraction of sp³-hybridized carbons (Fsp3) is 0.542. The van der Waals surface area contributed by atoms with Crippen molar-refractivity contribution in [1.29, 1.82) is 0 Å². The number of nitrogens with one attached hydrogen (secondary N) is 1. The Hall–Kier alpha value is -2.07. The molecule has 1 aliphatic heterocycles. The summed E-state index contributed by atoms with van der Waals surface area (Å²) in [6.07, 6.45) is 9.60. The van der Waals surface area contributed by atoms with Crippen LogP contribution < -0.4 is 10.1 Å². The van der Waals surface area contributed by atoms with Crippen molar-refractivity contribution in [2.45, 2.75) is 63.5 Å². The van der Waals surface area contributed by atoms with E-state index in [9.17, 15) is 0 Å². The SMILES string of the molecule is COc1ccc(CNc2cccc([C@H]3CCCN(C4CCCCC4)C3)n2)cc1. The van der Waals surface area contributed by atoms with Gasteiger partial charge in [0.05, 0.1) is 7.11 Å². The summed E-state index contributed by atoms with van der Waals surface area (Å²) in [6, 6.07) is 15.5. The Kier molecular flexibility index (Phi) is 6.48. The summed E-state index contributed by atoms with van der Waals surface area (Å²) in [5.41, 5.74) is 2.48. The zero-order valence-electron chi connectivity index (χ0n) is 17.1. The molecule has 1 atom stereocenters. The number of rotatable bonds is 6. The van der Waals surface area contributed by atoms with Gasteiger partial charge in [0.1, 0.15) is 11.6 Å². The van der Waals surface area contributed by atoms with E-state index in [2.05, 4.69) is 40.5 Å². The van der Waals surface area contributed by atoms with E-state index in [-0.39, 0.29) is 0 Å². The highest BCUT2D eigenvalue weighted by Crippen LogP contribution is 2.31. The molecule has 2 heterocycles. The van der Waals surface area contributed by atoms with Crippen LogP contribution in [0.4, 0.5) is 5.82 Å². The maximum absolute atomic E-state index is 5.23. The predicted octanol–water partition coefficient (Wildman–Crippen LogP) is 5.21. The van der Waals surface area contributed by atoms with Crippen LogP contribution in [-0.2, 0) is 6.54 Å². The summed E-state index contributed by atoms with van der Waals surface area (Å²) >= 11 is 0. The third-order valence-electron chi connectivity index (χ3n) is 6.37. The molecule has 2 aliphatic rings. The van der Waals surface area contributed by atoms with Gasteiger partial charge < -0.3 is 10.1 Å². The van der Waals surface area contributed by atoms with Crippen LogP contribution in [0.25, 0.3) is 0 Å². The molecule has 1 saturated carbocycles. The first-order valence-electron chi connectivity index (χ1n) is 10.9. The lowest BCUT2D eigenvalue weighted by molar-refractivity contribution is 0.118. The topological polar surface area (TPSA) is 37.4 Å². The highest BCUT2D eigenvalue weighted by molar-refractivity contribution is 5.38. The number of ether oxygens (including phenoxy) is 1. The van der Waals surface area contributed by atoms with Crippen LogP contribution >= 0.6 is 0 Å². The van der Waals surface area contributed by atoms with Crippen molar-refractivity contribution in [1.82, 2.24) is 9.88 Å². The average Bonchev–Trinajstić information content (AvgIpc) is 2.79. The molecule has 4 rings (SSSR count). The summed E-state index contributed by atoms with van der Waals surface area (Å²) < 4.78 is 5.23. The van der Waals surface area contributed by atoms with E-state index in [4.69, 9.17) is 9.72 Å². The van der Waals surface area contributed by atoms with Crippen LogP contribution in [0.5, 0.6) is 5.75 Å². The van der Waals surface area contributed by atoms with Gasteiger partial charge in [0.25, 0.3) is 0 Å². The quantitative estimate of drug-likeness (QED) is 0.747. The van der Waals surface area contributed by atoms with Crippen LogP contribution in [0, 0.1) is 0 Å². The maximum atomic E-state index is 5.23. The number of benzene rings is 1. The minimum Gasteiger partial charge on any atom is -0.497 e. The second-order valence-electron chi connectivity index (χ2n) is 8.28. The number of hydrogen-bond donors (Lipinski definition) is 1. The highest BCUT2D eigenvalue weighted by atomic mass is 16.5. The molecule has 1 aromatic heterocycles. The number of nitrogens with zero attached hydrogens (tertiary/aromatic N) is 2. The second-order valence-corrected chi connectivity index (χ2v) is 8.28. The van der Waals surface area contributed by atoms with Gasteiger partial charge in [0.15, 0.2) is 0 Å². The standard InChI is InChI=1S/C24H33N3O/c1-28-22-14-12-19(13-15-22)17-25-24-11-5-10-23(26-24)20-7-6-16-27(18-20)21-8-3-2-4-9-21/h5,10-15,20-21H,2-4,6-9,16-18H2,1H3,(H,25,26)/t20-/m0/s1. The number of piperidine rings is 1. The average molecular weight is 380 g/mol. The van der Waals surface area contributed by atoms with Crippen molar-refractivity contribution >= 4 is 5.82 Å². The molecule has 150 valence electrons. The van der Waals surface area contributed by atoms with Crippen molar-refractivity contribution < 1.29 is 4.74 Å². The molecule has 4 heteroatoms. The minimum atomic E-state index is 0.568. The molecule has 2 fully saturated rings. The molecule has 0 bridgehead atoms. The first-order valence-corrected chi connectivity index (χ1v) is 10.9. The van der Waals surface area contributed by atoms with Gasteiger partial charge in [0.2, 0.25) is 0 Å². The highest BCUT2D eigenvalue weighted by Gasteiger charge is 2.28. The number of hydrogen-bond acceptors (Lipinski definition) is 4. The molecule has 0 radical (unpaired) electrons. The number of anilines is 1. The van der Waals surface area contributed by atoms with Gasteiger partial charge in [-0.15, -0.1) is 0 Å². The summed E-state index contributed by atoms with van der Waals surface area (Å²) in [7, 11) is 1.70. The normalized spacial score (nSPS) is 21.4. The van der Waals surface area contributed by atoms with Gasteiger partial charge in [-0.1, -0.05) is 37.5 Å². The Labute approximate surface area is 169 Å². The molecule has 0 unspecified atom stereocenters. The van der Waals surface area contributed by atoms with Gasteiger partial charge in [-0.2, -0.15) is 0 Å². The maximum Gasteiger partial charge on any atom is 0.126 e. The van der Waals surface area contributed by atoms with Gasteiger partial charge in [-0.25, -0.2) is 4.98 Å². The van der Waals surface area contributed by atoms with Gasteiger partial charge >= 0.3 is 0 Å². The van der Waals surface area contributed by atoms with Gasteiger partial charge in [-0.05, 0) is 62.1 Å². The third kappa shape index (κ3) is 4.85. The summed E-state index contributed by atoms with van der Waals surface area (Å²) in [6.45, 7) is 3.23. The predicted molar refractivity (Wildman–Crippen MR) is 115 cm³/mol. The first-order chi connectivity index (χ1) is 13.8. The van der Waals surface area contributed by atoms with E-state index in [1.807, 2.05) is 12.1 Å². The van der Waals surface area contributed by atoms with Crippen LogP contribution in [-0.4, -0.2) is 36.1 Å². The van der Waals surface area contributed by atoms with Crippen molar-refractivity contribution in [3.8, 4) is 5.75 Å². The van der Waals surface area contributed by atoms with Crippen molar-refractivity contribution in [3.63, 3.8) is 0 Å². The summed E-state index contributed by atoms with van der Waals surface area (Å²) in [5.74, 6) is 2.44. The zero-order chi connectivity index (χ0) is 19.2. The molecule has 0 amide bonds. The van der Waals surface area contributed by atoms with E-state index in [1.54, 1.807) is 7.11 Å². The Morgan fingerprint density at radius 2 is 1.82 bits per heavy atom. The number of methoxy groups -OCH3 is 1. The number of pyridine rings is 1. The largest absolute Gasteiger partial charge is 0.497 e. The van der Waals surface area contributed by atoms with E-state index < -0.39 is 0 Å². The van der Waals surface area contributed by atoms with Crippen molar-refractivity contribution in [2.75, 3.05) is 25.5 Å². The fourth-order valence-corrected chi connectivity index (χ4v) is 4.74. The lowest BCUT2D eigenvalue weighted by Gasteiger charge is -2.40. The van der Waals surface area contributed by atoms with Gasteiger partial charge in [-0.3, -0.25) is 4.90 Å². The lowest BCUT2D eigenvalue weighted by atomic mass is 9.89. The zero-order valence-corrected chi connectivity index (χ0v) is 17.1. The minimum absolute atomic E-state index is 0.568. The molecule has 28 heavy (non-hydrogen) atoms. The monoisotopic (exact) mass is 379 g/mol. The molecule has 1 aromatic carbocycles. The third-order valence-corrected chi connectivity index (χ3v) is 6.37. The van der Waals surface area contributed by atoms with Crippen LogP contribution in [0.3, 0.4) is 0 Å². The van der Waals surface area contributed by atoms with Crippen molar-refractivity contribution in [3.05, 3.63) is 53.7 Å². The molecule has 4 nitrogen and oxygen atoms in total. The van der Waals surface area contributed by atoms with Crippen molar-refractivity contribution in [2.24, 2.45) is 0 Å². The van der Waals surface area contributed by atoms with Crippen LogP contribution in [0.15, 0.2) is 42.5 Å². The van der Waals surface area contributed by atoms with E-state index >= 15 is 0 Å². The Morgan fingerprint density at radius 3 is 2.61 bits per heavy atom. The fourth-order valence-electron chi connectivity index (χ4n) is 4.74. The molecular formula is C24H33N3O. The van der Waals surface area contributed by atoms with E-state index in [0.29, 0.717) is 5.92 Å². The van der Waals surface area contributed by atoms with Crippen LogP contribution in [0.1, 0.15) is 62.1 Å². The molecule has 1 aliphatic carbocycles. The molecule has 1 saturated heterocycles. The van der Waals surface area contributed by atoms with E-state index in [1.165, 1.54) is 69.3 Å². The Morgan fingerprint density at radius 1 is 1.00 bits per heavy atom. The Balaban J connectivity index is 1.37. The molecule has 2 aromatic rings. The summed E-state index contributed by atoms with van der Waals surface area (Å²) in [4.78, 5) is 7.72. The second kappa shape index (κ2) is 9.42. The van der Waals surface area contributed by atoms with Crippen LogP contribution in [0.2, 0.25) is 0 Å². The number of likely N-dealkylation sites (tertiary alicyclic amines) is 1. The molecule has 1 N–H and O–H groups in total. The van der Waals surface area contributed by atoms with Gasteiger partial charge in [0, 0.05) is 30.7 Å². The lowest BCUT2D eigenvalue weighted by Crippen LogP contribution is -2.43. The summed E-state index contributed by atoms with van der Waals surface area (Å²) in [5, 5.41) is 3.49. The van der Waals surface area contributed by atoms with E-state index in [0.717, 1.165) is 24.2 Å². The number of aromatic nitrogens is 1. The smallest absolute Gasteiger partial charge is 0.126 e. The Bertz CT molecular complexity index is 740. The first kappa shape index (κ1) is 19.3. The molecule has 0 spiro atoms.